The van der Waals surface area contributed by atoms with Gasteiger partial charge in [0.1, 0.15) is 17.9 Å². The number of piperazine rings is 1. The number of likely N-dealkylation sites (tertiary alicyclic amines) is 1. The van der Waals surface area contributed by atoms with Gasteiger partial charge in [0, 0.05) is 19.6 Å². The molecule has 1 aromatic rings. The first-order chi connectivity index (χ1) is 12.7. The topological polar surface area (TPSA) is 69.7 Å². The zero-order valence-corrected chi connectivity index (χ0v) is 14.1. The van der Waals surface area contributed by atoms with Crippen LogP contribution in [0, 0.1) is 5.82 Å². The Morgan fingerprint density at radius 3 is 2.37 bits per heavy atom. The van der Waals surface area contributed by atoms with Crippen LogP contribution in [0.4, 0.5) is 17.6 Å². The first-order valence-corrected chi connectivity index (χ1v) is 8.41. The molecule has 2 atom stereocenters. The molecule has 10 heteroatoms. The Morgan fingerprint density at radius 2 is 1.74 bits per heavy atom. The van der Waals surface area contributed by atoms with Crippen molar-refractivity contribution in [2.75, 3.05) is 19.6 Å². The van der Waals surface area contributed by atoms with Crippen LogP contribution in [0.5, 0.6) is 0 Å². The van der Waals surface area contributed by atoms with Crippen molar-refractivity contribution < 1.29 is 31.9 Å². The van der Waals surface area contributed by atoms with Gasteiger partial charge in [-0.3, -0.25) is 14.4 Å². The van der Waals surface area contributed by atoms with Gasteiger partial charge in [0.2, 0.25) is 11.8 Å². The number of halogens is 4. The molecule has 2 heterocycles. The number of hydrogen-bond acceptors (Lipinski definition) is 3. The van der Waals surface area contributed by atoms with Crippen LogP contribution in [0.3, 0.4) is 0 Å². The van der Waals surface area contributed by atoms with Crippen LogP contribution in [0.15, 0.2) is 24.3 Å². The summed E-state index contributed by atoms with van der Waals surface area (Å²) in [6, 6.07) is 2.60. The van der Waals surface area contributed by atoms with Gasteiger partial charge in [-0.15, -0.1) is 0 Å². The van der Waals surface area contributed by atoms with Crippen LogP contribution in [0.1, 0.15) is 24.4 Å². The number of hydrogen-bond donors (Lipinski definition) is 1. The van der Waals surface area contributed by atoms with Crippen molar-refractivity contribution in [3.8, 4) is 0 Å². The smallest absolute Gasteiger partial charge is 0.352 e. The molecule has 0 aliphatic carbocycles. The molecule has 2 fully saturated rings. The fraction of sp³-hybridized carbons (Fsp3) is 0.471. The zero-order valence-electron chi connectivity index (χ0n) is 14.1. The van der Waals surface area contributed by atoms with Crippen LogP contribution >= 0.6 is 0 Å². The summed E-state index contributed by atoms with van der Waals surface area (Å²) in [5, 5.41) is 2.59. The van der Waals surface area contributed by atoms with E-state index in [2.05, 4.69) is 5.32 Å². The second kappa shape index (κ2) is 7.16. The van der Waals surface area contributed by atoms with E-state index in [1.54, 1.807) is 0 Å². The number of carbonyl (C=O) groups excluding carboxylic acids is 3. The van der Waals surface area contributed by atoms with Crippen molar-refractivity contribution in [1.82, 2.24) is 15.1 Å². The highest BCUT2D eigenvalue weighted by atomic mass is 19.4. The van der Waals surface area contributed by atoms with E-state index >= 15 is 0 Å². The summed E-state index contributed by atoms with van der Waals surface area (Å²) in [5.74, 6) is -3.80. The molecule has 2 aliphatic heterocycles. The van der Waals surface area contributed by atoms with Crippen LogP contribution in [0.2, 0.25) is 0 Å². The lowest BCUT2D eigenvalue weighted by Gasteiger charge is -2.38. The van der Waals surface area contributed by atoms with Crippen molar-refractivity contribution >= 4 is 17.7 Å². The standard InChI is InChI=1S/C17H17F4N3O3/c18-11-5-3-10(4-6-11)13-14(25)22-7-9-24(13)15(26)12-2-1-8-23(12)16(27)17(19,20)21/h3-6,12-13H,1-2,7-9H2,(H,22,25). The summed E-state index contributed by atoms with van der Waals surface area (Å²) in [6.07, 6.45) is -4.72. The highest BCUT2D eigenvalue weighted by Crippen LogP contribution is 2.30. The molecule has 1 aromatic carbocycles. The van der Waals surface area contributed by atoms with E-state index in [4.69, 9.17) is 0 Å². The van der Waals surface area contributed by atoms with Crippen molar-refractivity contribution in [3.63, 3.8) is 0 Å². The maximum absolute atomic E-state index is 13.2. The maximum Gasteiger partial charge on any atom is 0.471 e. The minimum absolute atomic E-state index is 0.0805. The Balaban J connectivity index is 1.87. The average molecular weight is 387 g/mol. The van der Waals surface area contributed by atoms with Gasteiger partial charge >= 0.3 is 12.1 Å². The average Bonchev–Trinajstić information content (AvgIpc) is 3.10. The molecule has 2 unspecified atom stereocenters. The third kappa shape index (κ3) is 3.74. The lowest BCUT2D eigenvalue weighted by molar-refractivity contribution is -0.187. The quantitative estimate of drug-likeness (QED) is 0.780. The Hall–Kier alpha value is -2.65. The number of benzene rings is 1. The van der Waals surface area contributed by atoms with Gasteiger partial charge in [-0.25, -0.2) is 4.39 Å². The second-order valence-corrected chi connectivity index (χ2v) is 6.43. The number of rotatable bonds is 2. The first-order valence-electron chi connectivity index (χ1n) is 8.41. The summed E-state index contributed by atoms with van der Waals surface area (Å²) in [7, 11) is 0. The summed E-state index contributed by atoms with van der Waals surface area (Å²) in [5.41, 5.74) is 0.341. The van der Waals surface area contributed by atoms with Gasteiger partial charge in [0.05, 0.1) is 0 Å². The van der Waals surface area contributed by atoms with Crippen molar-refractivity contribution in [3.05, 3.63) is 35.6 Å². The monoisotopic (exact) mass is 387 g/mol. The molecule has 146 valence electrons. The number of carbonyl (C=O) groups is 3. The highest BCUT2D eigenvalue weighted by molar-refractivity contribution is 5.94. The van der Waals surface area contributed by atoms with E-state index in [0.717, 1.165) is 12.1 Å². The number of alkyl halides is 3. The third-order valence-electron chi connectivity index (χ3n) is 4.72. The fourth-order valence-electron chi connectivity index (χ4n) is 3.50. The molecule has 0 aromatic heterocycles. The van der Waals surface area contributed by atoms with Gasteiger partial charge in [-0.05, 0) is 30.5 Å². The molecule has 3 amide bonds. The molecule has 0 bridgehead atoms. The van der Waals surface area contributed by atoms with Crippen molar-refractivity contribution in [2.24, 2.45) is 0 Å². The predicted molar refractivity (Wildman–Crippen MR) is 84.7 cm³/mol. The van der Waals surface area contributed by atoms with E-state index in [0.29, 0.717) is 10.5 Å². The fourth-order valence-corrected chi connectivity index (χ4v) is 3.50. The van der Waals surface area contributed by atoms with Crippen LogP contribution in [-0.4, -0.2) is 59.4 Å². The Morgan fingerprint density at radius 1 is 1.07 bits per heavy atom. The van der Waals surface area contributed by atoms with Crippen LogP contribution < -0.4 is 5.32 Å². The Bertz CT molecular complexity index is 751. The van der Waals surface area contributed by atoms with E-state index < -0.39 is 41.8 Å². The zero-order chi connectivity index (χ0) is 19.8. The summed E-state index contributed by atoms with van der Waals surface area (Å²) in [6.45, 7) is 0.0510. The lowest BCUT2D eigenvalue weighted by atomic mass is 10.0. The van der Waals surface area contributed by atoms with Gasteiger partial charge in [0.25, 0.3) is 0 Å². The molecule has 2 saturated heterocycles. The largest absolute Gasteiger partial charge is 0.471 e. The second-order valence-electron chi connectivity index (χ2n) is 6.43. The first kappa shape index (κ1) is 19.1. The SMILES string of the molecule is O=C1NCCN(C(=O)C2CCCN2C(=O)C(F)(F)F)C1c1ccc(F)cc1. The molecule has 6 nitrogen and oxygen atoms in total. The Kier molecular flexibility index (Phi) is 5.07. The molecule has 0 saturated carbocycles. The van der Waals surface area contributed by atoms with Crippen LogP contribution in [0.25, 0.3) is 0 Å². The van der Waals surface area contributed by atoms with E-state index in [-0.39, 0.29) is 32.5 Å². The van der Waals surface area contributed by atoms with Gasteiger partial charge in [-0.2, -0.15) is 13.2 Å². The summed E-state index contributed by atoms with van der Waals surface area (Å²) >= 11 is 0. The minimum atomic E-state index is -5.07. The Labute approximate surface area is 152 Å². The van der Waals surface area contributed by atoms with E-state index in [1.165, 1.54) is 17.0 Å². The number of amides is 3. The van der Waals surface area contributed by atoms with Gasteiger partial charge in [-0.1, -0.05) is 12.1 Å². The molecule has 1 N–H and O–H groups in total. The molecular formula is C17H17F4N3O3. The molecule has 0 radical (unpaired) electrons. The molecule has 0 spiro atoms. The van der Waals surface area contributed by atoms with Crippen molar-refractivity contribution in [1.29, 1.82) is 0 Å². The molecule has 3 rings (SSSR count). The van der Waals surface area contributed by atoms with Crippen molar-refractivity contribution in [2.45, 2.75) is 31.1 Å². The number of nitrogens with one attached hydrogen (secondary N) is 1. The predicted octanol–water partition coefficient (Wildman–Crippen LogP) is 1.38. The summed E-state index contributed by atoms with van der Waals surface area (Å²) < 4.78 is 51.6. The molecule has 27 heavy (non-hydrogen) atoms. The minimum Gasteiger partial charge on any atom is -0.352 e. The molecule has 2 aliphatic rings. The van der Waals surface area contributed by atoms with E-state index in [9.17, 15) is 31.9 Å². The molecular weight excluding hydrogens is 370 g/mol. The van der Waals surface area contributed by atoms with E-state index in [1.807, 2.05) is 0 Å². The summed E-state index contributed by atoms with van der Waals surface area (Å²) in [4.78, 5) is 38.6. The lowest BCUT2D eigenvalue weighted by Crippen LogP contribution is -2.57. The number of nitrogens with zero attached hydrogens (tertiary/aromatic N) is 2. The van der Waals surface area contributed by atoms with Gasteiger partial charge in [0.15, 0.2) is 0 Å². The maximum atomic E-state index is 13.2. The normalized spacial score (nSPS) is 23.3. The van der Waals surface area contributed by atoms with Crippen LogP contribution in [-0.2, 0) is 14.4 Å². The highest BCUT2D eigenvalue weighted by Gasteiger charge is 2.49. The third-order valence-corrected chi connectivity index (χ3v) is 4.72. The van der Waals surface area contributed by atoms with Gasteiger partial charge < -0.3 is 15.1 Å².